The monoisotopic (exact) mass is 805 g/mol. The zero-order chi connectivity index (χ0) is 41.2. The molecule has 0 aliphatic carbocycles. The number of aromatic nitrogens is 5. The van der Waals surface area contributed by atoms with Crippen molar-refractivity contribution in [2.45, 2.75) is 76.5 Å². The van der Waals surface area contributed by atoms with Crippen LogP contribution in [0.2, 0.25) is 0 Å². The molecule has 3 aromatic heterocycles. The van der Waals surface area contributed by atoms with Gasteiger partial charge in [-0.25, -0.2) is 24.5 Å². The maximum absolute atomic E-state index is 14.0. The molecule has 5 aromatic rings. The average molecular weight is 806 g/mol. The van der Waals surface area contributed by atoms with Gasteiger partial charge in [0.15, 0.2) is 5.65 Å². The van der Waals surface area contributed by atoms with Crippen molar-refractivity contribution in [1.29, 1.82) is 0 Å². The molecule has 2 aromatic carbocycles. The minimum absolute atomic E-state index is 0.0341. The van der Waals surface area contributed by atoms with Crippen molar-refractivity contribution in [3.8, 4) is 22.5 Å². The molecular formula is C43H51N9O7. The quantitative estimate of drug-likeness (QED) is 0.129. The molecule has 0 bridgehead atoms. The van der Waals surface area contributed by atoms with Gasteiger partial charge in [0.25, 0.3) is 0 Å². The number of ether oxygens (including phenoxy) is 3. The number of likely N-dealkylation sites (tertiary alicyclic amines) is 2. The van der Waals surface area contributed by atoms with Gasteiger partial charge in [0, 0.05) is 37.4 Å². The molecule has 3 aliphatic heterocycles. The van der Waals surface area contributed by atoms with Gasteiger partial charge in [0.2, 0.25) is 11.8 Å². The van der Waals surface area contributed by atoms with E-state index in [4.69, 9.17) is 29.2 Å². The Morgan fingerprint density at radius 2 is 1.41 bits per heavy atom. The third-order valence-corrected chi connectivity index (χ3v) is 12.0. The first-order chi connectivity index (χ1) is 28.6. The van der Waals surface area contributed by atoms with Gasteiger partial charge >= 0.3 is 12.2 Å². The van der Waals surface area contributed by atoms with Gasteiger partial charge in [0.1, 0.15) is 23.7 Å². The lowest BCUT2D eigenvalue weighted by atomic mass is 9.90. The Bertz CT molecular complexity index is 2350. The molecule has 3 fully saturated rings. The van der Waals surface area contributed by atoms with Crippen LogP contribution in [0.3, 0.4) is 0 Å². The first-order valence-electron chi connectivity index (χ1n) is 20.5. The van der Waals surface area contributed by atoms with Crippen molar-refractivity contribution in [3.05, 3.63) is 66.4 Å². The molecule has 3 aliphatic rings. The second kappa shape index (κ2) is 17.1. The van der Waals surface area contributed by atoms with Gasteiger partial charge in [-0.15, -0.1) is 0 Å². The van der Waals surface area contributed by atoms with Crippen LogP contribution in [0.5, 0.6) is 0 Å². The first kappa shape index (κ1) is 39.8. The molecule has 6 heterocycles. The van der Waals surface area contributed by atoms with Crippen LogP contribution in [-0.4, -0.2) is 111 Å². The number of H-pyrrole nitrogens is 2. The van der Waals surface area contributed by atoms with Crippen molar-refractivity contribution in [1.82, 2.24) is 45.4 Å². The molecular weight excluding hydrogens is 755 g/mol. The number of aromatic amines is 2. The maximum atomic E-state index is 14.0. The predicted molar refractivity (Wildman–Crippen MR) is 219 cm³/mol. The molecule has 4 unspecified atom stereocenters. The SMILES string of the molecule is COC(=O)NC(C(=O)N1CCCC1c1nc2nc(-c3ccc4cc(-c5cnc(C6CCCN6C(=O)C(NC(=O)OC)C6CCOCC6)[nH]5)ccc4c3)ccc2[nH]1)C(C)C. The Hall–Kier alpha value is -6.03. The van der Waals surface area contributed by atoms with Gasteiger partial charge in [0.05, 0.1) is 49.4 Å². The van der Waals surface area contributed by atoms with E-state index in [2.05, 4.69) is 50.9 Å². The number of pyridine rings is 1. The highest BCUT2D eigenvalue weighted by Gasteiger charge is 2.41. The highest BCUT2D eigenvalue weighted by atomic mass is 16.5. The van der Waals surface area contributed by atoms with E-state index in [0.717, 1.165) is 70.3 Å². The number of amides is 4. The summed E-state index contributed by atoms with van der Waals surface area (Å²) in [5.41, 5.74) is 4.88. The molecule has 59 heavy (non-hydrogen) atoms. The topological polar surface area (TPSA) is 197 Å². The Labute approximate surface area is 341 Å². The van der Waals surface area contributed by atoms with E-state index in [1.807, 2.05) is 43.1 Å². The third-order valence-electron chi connectivity index (χ3n) is 12.0. The van der Waals surface area contributed by atoms with Crippen LogP contribution in [0.4, 0.5) is 9.59 Å². The summed E-state index contributed by atoms with van der Waals surface area (Å²) in [6.07, 6.45) is 5.12. The summed E-state index contributed by atoms with van der Waals surface area (Å²) in [4.78, 5) is 77.0. The number of alkyl carbamates (subject to hydrolysis) is 2. The predicted octanol–water partition coefficient (Wildman–Crippen LogP) is 6.03. The van der Waals surface area contributed by atoms with E-state index >= 15 is 0 Å². The van der Waals surface area contributed by atoms with E-state index in [-0.39, 0.29) is 35.7 Å². The molecule has 4 atom stereocenters. The molecule has 16 nitrogen and oxygen atoms in total. The summed E-state index contributed by atoms with van der Waals surface area (Å²) in [7, 11) is 2.59. The van der Waals surface area contributed by atoms with Crippen LogP contribution in [0, 0.1) is 11.8 Å². The number of fused-ring (bicyclic) bond motifs is 2. The molecule has 4 N–H and O–H groups in total. The number of imidazole rings is 2. The number of nitrogens with one attached hydrogen (secondary N) is 4. The summed E-state index contributed by atoms with van der Waals surface area (Å²) >= 11 is 0. The lowest BCUT2D eigenvalue weighted by Crippen LogP contribution is -2.53. The molecule has 310 valence electrons. The van der Waals surface area contributed by atoms with E-state index < -0.39 is 24.3 Å². The standard InChI is InChI=1S/C43H51N9O7/c1-24(2)35(48-42(55)57-3)40(53)52-18-6-8-34(52)39-46-31-14-13-30(45-37(31)50-39)28-11-9-27-22-29(12-10-26(27)21-28)32-23-44-38(47-32)33-7-5-17-51(33)41(54)36(49-43(56)58-4)25-15-19-59-20-16-25/h9-14,21-25,33-36H,5-8,15-20H2,1-4H3,(H,44,47)(H,48,55)(H,49,56)(H,45,46,50). The normalized spacial score (nSPS) is 19.6. The second-order valence-corrected chi connectivity index (χ2v) is 15.9. The van der Waals surface area contributed by atoms with Crippen LogP contribution in [0.1, 0.15) is 76.1 Å². The highest BCUT2D eigenvalue weighted by molar-refractivity contribution is 5.91. The van der Waals surface area contributed by atoms with Crippen molar-refractivity contribution in [2.24, 2.45) is 11.8 Å². The number of carbonyl (C=O) groups is 4. The third kappa shape index (κ3) is 8.18. The molecule has 8 rings (SSSR count). The first-order valence-corrected chi connectivity index (χ1v) is 20.5. The van der Waals surface area contributed by atoms with Gasteiger partial charge < -0.3 is 44.6 Å². The van der Waals surface area contributed by atoms with Crippen LogP contribution in [0.25, 0.3) is 44.5 Å². The van der Waals surface area contributed by atoms with Crippen LogP contribution in [0.15, 0.2) is 54.7 Å². The fourth-order valence-electron chi connectivity index (χ4n) is 8.76. The largest absolute Gasteiger partial charge is 0.453 e. The molecule has 0 radical (unpaired) electrons. The number of benzene rings is 2. The molecule has 3 saturated heterocycles. The Balaban J connectivity index is 0.977. The van der Waals surface area contributed by atoms with Gasteiger partial charge in [-0.05, 0) is 85.4 Å². The van der Waals surface area contributed by atoms with Crippen molar-refractivity contribution >= 4 is 45.9 Å². The van der Waals surface area contributed by atoms with Crippen LogP contribution in [-0.2, 0) is 23.8 Å². The zero-order valence-corrected chi connectivity index (χ0v) is 33.8. The minimum atomic E-state index is -0.710. The molecule has 0 spiro atoms. The van der Waals surface area contributed by atoms with E-state index in [1.54, 1.807) is 4.90 Å². The summed E-state index contributed by atoms with van der Waals surface area (Å²) in [6.45, 7) is 6.05. The van der Waals surface area contributed by atoms with Crippen molar-refractivity contribution in [2.75, 3.05) is 40.5 Å². The summed E-state index contributed by atoms with van der Waals surface area (Å²) in [6, 6.07) is 14.5. The second-order valence-electron chi connectivity index (χ2n) is 15.9. The summed E-state index contributed by atoms with van der Waals surface area (Å²) < 4.78 is 15.2. The molecule has 4 amide bonds. The number of nitrogens with zero attached hydrogens (tertiary/aromatic N) is 5. The zero-order valence-electron chi connectivity index (χ0n) is 33.8. The fourth-order valence-corrected chi connectivity index (χ4v) is 8.76. The average Bonchev–Trinajstić information content (AvgIpc) is 4.10. The van der Waals surface area contributed by atoms with Crippen LogP contribution < -0.4 is 10.6 Å². The van der Waals surface area contributed by atoms with Crippen molar-refractivity contribution in [3.63, 3.8) is 0 Å². The number of rotatable bonds is 10. The molecule has 0 saturated carbocycles. The molecule has 16 heteroatoms. The number of hydrogen-bond acceptors (Lipinski definition) is 10. The highest BCUT2D eigenvalue weighted by Crippen LogP contribution is 2.36. The van der Waals surface area contributed by atoms with Crippen LogP contribution >= 0.6 is 0 Å². The van der Waals surface area contributed by atoms with Gasteiger partial charge in [-0.1, -0.05) is 38.1 Å². The number of hydrogen-bond donors (Lipinski definition) is 4. The smallest absolute Gasteiger partial charge is 0.407 e. The number of carbonyl (C=O) groups excluding carboxylic acids is 4. The maximum Gasteiger partial charge on any atom is 0.407 e. The van der Waals surface area contributed by atoms with Gasteiger partial charge in [-0.2, -0.15) is 0 Å². The summed E-state index contributed by atoms with van der Waals surface area (Å²) in [5, 5.41) is 7.60. The van der Waals surface area contributed by atoms with Gasteiger partial charge in [-0.3, -0.25) is 9.59 Å². The Kier molecular flexibility index (Phi) is 11.5. The lowest BCUT2D eigenvalue weighted by molar-refractivity contribution is -0.137. The van der Waals surface area contributed by atoms with Crippen molar-refractivity contribution < 1.29 is 33.4 Å². The fraction of sp³-hybridized carbons (Fsp3) is 0.465. The van der Waals surface area contributed by atoms with E-state index in [0.29, 0.717) is 50.6 Å². The lowest BCUT2D eigenvalue weighted by Gasteiger charge is -2.34. The summed E-state index contributed by atoms with van der Waals surface area (Å²) in [5.74, 6) is 0.952. The Morgan fingerprint density at radius 1 is 0.763 bits per heavy atom. The Morgan fingerprint density at radius 3 is 2.10 bits per heavy atom. The van der Waals surface area contributed by atoms with E-state index in [9.17, 15) is 19.2 Å². The number of methoxy groups -OCH3 is 2. The minimum Gasteiger partial charge on any atom is -0.453 e. The van der Waals surface area contributed by atoms with E-state index in [1.165, 1.54) is 14.2 Å².